The smallest absolute Gasteiger partial charge is 0.341 e. The molecule has 0 saturated carbocycles. The fraction of sp³-hybridized carbons (Fsp3) is 0.444. The molecule has 90 valence electrons. The van der Waals surface area contributed by atoms with Gasteiger partial charge < -0.3 is 9.47 Å². The summed E-state index contributed by atoms with van der Waals surface area (Å²) in [6.45, 7) is 0. The SMILES string of the molecule is COC(OC)(c1cc(Br)ccn1)C(F)(F)F. The topological polar surface area (TPSA) is 31.4 Å². The summed E-state index contributed by atoms with van der Waals surface area (Å²) in [6, 6.07) is 2.70. The van der Waals surface area contributed by atoms with Gasteiger partial charge in [-0.25, -0.2) is 0 Å². The van der Waals surface area contributed by atoms with E-state index in [4.69, 9.17) is 0 Å². The molecule has 3 nitrogen and oxygen atoms in total. The van der Waals surface area contributed by atoms with Crippen LogP contribution in [0.3, 0.4) is 0 Å². The number of halogens is 4. The van der Waals surface area contributed by atoms with Gasteiger partial charge in [-0.2, -0.15) is 13.2 Å². The lowest BCUT2D eigenvalue weighted by atomic mass is 10.1. The molecule has 0 atom stereocenters. The zero-order chi connectivity index (χ0) is 12.4. The Morgan fingerprint density at radius 1 is 1.25 bits per heavy atom. The molecular weight excluding hydrogens is 291 g/mol. The average Bonchev–Trinajstić information content (AvgIpc) is 2.18. The number of pyridine rings is 1. The highest BCUT2D eigenvalue weighted by Crippen LogP contribution is 2.41. The second-order valence-corrected chi connectivity index (χ2v) is 3.80. The van der Waals surface area contributed by atoms with Crippen LogP contribution in [0.2, 0.25) is 0 Å². The first-order chi connectivity index (χ1) is 7.37. The molecule has 1 heterocycles. The predicted octanol–water partition coefficient (Wildman–Crippen LogP) is 2.85. The summed E-state index contributed by atoms with van der Waals surface area (Å²) < 4.78 is 48.0. The normalized spacial score (nSPS) is 12.9. The molecule has 1 aromatic rings. The van der Waals surface area contributed by atoms with E-state index in [1.165, 1.54) is 18.3 Å². The van der Waals surface area contributed by atoms with Crippen molar-refractivity contribution in [2.24, 2.45) is 0 Å². The van der Waals surface area contributed by atoms with Gasteiger partial charge in [0.1, 0.15) is 5.69 Å². The van der Waals surface area contributed by atoms with Gasteiger partial charge in [-0.05, 0) is 12.1 Å². The third-order valence-electron chi connectivity index (χ3n) is 2.01. The van der Waals surface area contributed by atoms with E-state index in [2.05, 4.69) is 30.4 Å². The monoisotopic (exact) mass is 299 g/mol. The lowest BCUT2D eigenvalue weighted by Crippen LogP contribution is -2.46. The third-order valence-corrected chi connectivity index (χ3v) is 2.50. The van der Waals surface area contributed by atoms with Crippen molar-refractivity contribution in [3.8, 4) is 0 Å². The van der Waals surface area contributed by atoms with E-state index >= 15 is 0 Å². The Bertz CT molecular complexity index is 366. The van der Waals surface area contributed by atoms with Crippen molar-refractivity contribution < 1.29 is 22.6 Å². The van der Waals surface area contributed by atoms with Gasteiger partial charge in [0.2, 0.25) is 0 Å². The van der Waals surface area contributed by atoms with Gasteiger partial charge in [-0.3, -0.25) is 4.98 Å². The van der Waals surface area contributed by atoms with Crippen LogP contribution in [0.15, 0.2) is 22.8 Å². The fourth-order valence-corrected chi connectivity index (χ4v) is 1.59. The molecule has 0 spiro atoms. The van der Waals surface area contributed by atoms with Gasteiger partial charge in [-0.1, -0.05) is 15.9 Å². The molecule has 7 heteroatoms. The molecule has 0 radical (unpaired) electrons. The molecule has 0 aromatic carbocycles. The van der Waals surface area contributed by atoms with Crippen LogP contribution in [0.4, 0.5) is 13.2 Å². The minimum Gasteiger partial charge on any atom is -0.341 e. The molecule has 0 amide bonds. The summed E-state index contributed by atoms with van der Waals surface area (Å²) in [7, 11) is 1.83. The van der Waals surface area contributed by atoms with Gasteiger partial charge in [0.15, 0.2) is 0 Å². The first-order valence-corrected chi connectivity index (χ1v) is 4.95. The number of nitrogens with zero attached hydrogens (tertiary/aromatic N) is 1. The quantitative estimate of drug-likeness (QED) is 0.804. The standard InChI is InChI=1S/C9H9BrF3NO2/c1-15-8(16-2,9(11,12)13)7-5-6(10)3-4-14-7/h3-5H,1-2H3. The maximum Gasteiger partial charge on any atom is 0.449 e. The van der Waals surface area contributed by atoms with Crippen LogP contribution in [0.5, 0.6) is 0 Å². The lowest BCUT2D eigenvalue weighted by molar-refractivity contribution is -0.378. The zero-order valence-electron chi connectivity index (χ0n) is 8.51. The Kier molecular flexibility index (Phi) is 3.92. The van der Waals surface area contributed by atoms with Crippen molar-refractivity contribution in [1.82, 2.24) is 4.98 Å². The van der Waals surface area contributed by atoms with Crippen molar-refractivity contribution in [2.45, 2.75) is 12.0 Å². The number of aromatic nitrogens is 1. The van der Waals surface area contributed by atoms with Gasteiger partial charge in [0.25, 0.3) is 0 Å². The van der Waals surface area contributed by atoms with Gasteiger partial charge in [-0.15, -0.1) is 0 Å². The molecule has 0 bridgehead atoms. The van der Waals surface area contributed by atoms with E-state index in [0.29, 0.717) is 4.47 Å². The van der Waals surface area contributed by atoms with Gasteiger partial charge in [0, 0.05) is 24.9 Å². The zero-order valence-corrected chi connectivity index (χ0v) is 10.1. The highest BCUT2D eigenvalue weighted by molar-refractivity contribution is 9.10. The molecule has 0 aliphatic carbocycles. The van der Waals surface area contributed by atoms with Gasteiger partial charge >= 0.3 is 12.0 Å². The van der Waals surface area contributed by atoms with Crippen molar-refractivity contribution >= 4 is 15.9 Å². The summed E-state index contributed by atoms with van der Waals surface area (Å²) in [5.74, 6) is -2.84. The van der Waals surface area contributed by atoms with Crippen LogP contribution < -0.4 is 0 Å². The summed E-state index contributed by atoms with van der Waals surface area (Å²) in [6.07, 6.45) is -3.48. The Morgan fingerprint density at radius 3 is 2.19 bits per heavy atom. The molecule has 0 fully saturated rings. The van der Waals surface area contributed by atoms with Crippen molar-refractivity contribution in [1.29, 1.82) is 0 Å². The van der Waals surface area contributed by atoms with E-state index in [1.807, 2.05) is 0 Å². The minimum absolute atomic E-state index is 0.362. The van der Waals surface area contributed by atoms with E-state index in [0.717, 1.165) is 14.2 Å². The Hall–Kier alpha value is -0.660. The average molecular weight is 300 g/mol. The van der Waals surface area contributed by atoms with Crippen LogP contribution in [0, 0.1) is 0 Å². The number of ether oxygens (including phenoxy) is 2. The molecule has 0 N–H and O–H groups in total. The van der Waals surface area contributed by atoms with Crippen LogP contribution in [0.25, 0.3) is 0 Å². The summed E-state index contributed by atoms with van der Waals surface area (Å²) >= 11 is 3.06. The van der Waals surface area contributed by atoms with Gasteiger partial charge in [0.05, 0.1) is 0 Å². The van der Waals surface area contributed by atoms with Crippen LogP contribution >= 0.6 is 15.9 Å². The molecule has 0 saturated heterocycles. The first kappa shape index (κ1) is 13.4. The molecule has 1 rings (SSSR count). The molecular formula is C9H9BrF3NO2. The number of hydrogen-bond donors (Lipinski definition) is 0. The summed E-state index contributed by atoms with van der Waals surface area (Å²) in [5, 5.41) is 0. The number of rotatable bonds is 3. The maximum absolute atomic E-state index is 12.9. The van der Waals surface area contributed by atoms with Crippen LogP contribution in [0.1, 0.15) is 5.69 Å². The van der Waals surface area contributed by atoms with E-state index in [9.17, 15) is 13.2 Å². The summed E-state index contributed by atoms with van der Waals surface area (Å²) in [5.41, 5.74) is -0.362. The minimum atomic E-state index is -4.72. The number of methoxy groups -OCH3 is 2. The largest absolute Gasteiger partial charge is 0.449 e. The predicted molar refractivity (Wildman–Crippen MR) is 53.7 cm³/mol. The van der Waals surface area contributed by atoms with E-state index in [-0.39, 0.29) is 5.69 Å². The highest BCUT2D eigenvalue weighted by Gasteiger charge is 2.59. The first-order valence-electron chi connectivity index (χ1n) is 4.16. The lowest BCUT2D eigenvalue weighted by Gasteiger charge is -2.31. The molecule has 1 aromatic heterocycles. The number of alkyl halides is 3. The second-order valence-electron chi connectivity index (χ2n) is 2.88. The Labute approximate surface area is 98.7 Å². The number of hydrogen-bond acceptors (Lipinski definition) is 3. The molecule has 16 heavy (non-hydrogen) atoms. The van der Waals surface area contributed by atoms with Crippen LogP contribution in [-0.2, 0) is 15.3 Å². The fourth-order valence-electron chi connectivity index (χ4n) is 1.25. The molecule has 0 aliphatic heterocycles. The van der Waals surface area contributed by atoms with E-state index < -0.39 is 12.0 Å². The molecule has 0 unspecified atom stereocenters. The second kappa shape index (κ2) is 4.68. The van der Waals surface area contributed by atoms with Crippen molar-refractivity contribution in [2.75, 3.05) is 14.2 Å². The highest BCUT2D eigenvalue weighted by atomic mass is 79.9. The molecule has 0 aliphatic rings. The summed E-state index contributed by atoms with van der Waals surface area (Å²) in [4.78, 5) is 3.62. The van der Waals surface area contributed by atoms with E-state index in [1.54, 1.807) is 0 Å². The third kappa shape index (κ3) is 2.21. The Morgan fingerprint density at radius 2 is 1.81 bits per heavy atom. The van der Waals surface area contributed by atoms with Crippen molar-refractivity contribution in [3.05, 3.63) is 28.5 Å². The maximum atomic E-state index is 12.9. The Balaban J connectivity index is 3.32. The van der Waals surface area contributed by atoms with Crippen LogP contribution in [-0.4, -0.2) is 25.4 Å². The van der Waals surface area contributed by atoms with Crippen molar-refractivity contribution in [3.63, 3.8) is 0 Å².